The molecule has 0 bridgehead atoms. The van der Waals surface area contributed by atoms with Crippen LogP contribution in [0.3, 0.4) is 0 Å². The van der Waals surface area contributed by atoms with E-state index in [-0.39, 0.29) is 0 Å². The molecule has 2 heteroatoms. The molecular formula is C10H18N2. The Hall–Kier alpha value is -0.760. The molecule has 0 unspecified atom stereocenters. The maximum absolute atomic E-state index is 2.34. The fourth-order valence-corrected chi connectivity index (χ4v) is 1.26. The second kappa shape index (κ2) is 4.99. The molecule has 1 heterocycles. The number of hydrogen-bond donors (Lipinski definition) is 0. The molecule has 0 saturated heterocycles. The van der Waals surface area contributed by atoms with Crippen LogP contribution >= 0.6 is 0 Å². The minimum absolute atomic E-state index is 1.07. The van der Waals surface area contributed by atoms with E-state index in [9.17, 15) is 0 Å². The van der Waals surface area contributed by atoms with Gasteiger partial charge in [-0.1, -0.05) is 12.2 Å². The maximum Gasteiger partial charge on any atom is 0.0357 e. The average Bonchev–Trinajstić information content (AvgIpc) is 2.05. The lowest BCUT2D eigenvalue weighted by Gasteiger charge is -2.21. The highest BCUT2D eigenvalue weighted by molar-refractivity contribution is 5.08. The van der Waals surface area contributed by atoms with E-state index < -0.39 is 0 Å². The average molecular weight is 166 g/mol. The van der Waals surface area contributed by atoms with Gasteiger partial charge in [0.15, 0.2) is 0 Å². The van der Waals surface area contributed by atoms with Gasteiger partial charge in [-0.05, 0) is 39.3 Å². The summed E-state index contributed by atoms with van der Waals surface area (Å²) < 4.78 is 0. The van der Waals surface area contributed by atoms with Crippen LogP contribution in [-0.2, 0) is 0 Å². The van der Waals surface area contributed by atoms with E-state index in [0.29, 0.717) is 0 Å². The lowest BCUT2D eigenvalue weighted by Crippen LogP contribution is -2.23. The van der Waals surface area contributed by atoms with Crippen LogP contribution in [-0.4, -0.2) is 43.5 Å². The first kappa shape index (κ1) is 9.33. The SMILES string of the molecule is CN(C)CCCN1C=CC=CC1. The summed E-state index contributed by atoms with van der Waals surface area (Å²) in [4.78, 5) is 4.56. The Balaban J connectivity index is 2.07. The van der Waals surface area contributed by atoms with Crippen LogP contribution < -0.4 is 0 Å². The molecule has 0 aromatic heterocycles. The zero-order valence-corrected chi connectivity index (χ0v) is 8.03. The van der Waals surface area contributed by atoms with Crippen LogP contribution in [0, 0.1) is 0 Å². The summed E-state index contributed by atoms with van der Waals surface area (Å²) >= 11 is 0. The molecule has 0 atom stereocenters. The third-order valence-electron chi connectivity index (χ3n) is 1.93. The number of nitrogens with zero attached hydrogens (tertiary/aromatic N) is 2. The van der Waals surface area contributed by atoms with Crippen LogP contribution in [0.15, 0.2) is 24.4 Å². The van der Waals surface area contributed by atoms with Crippen molar-refractivity contribution in [1.82, 2.24) is 9.80 Å². The van der Waals surface area contributed by atoms with E-state index in [1.807, 2.05) is 0 Å². The molecule has 1 aliphatic rings. The van der Waals surface area contributed by atoms with Crippen molar-refractivity contribution in [2.75, 3.05) is 33.7 Å². The Bertz CT molecular complexity index is 171. The van der Waals surface area contributed by atoms with Gasteiger partial charge < -0.3 is 9.80 Å². The molecular weight excluding hydrogens is 148 g/mol. The molecule has 1 aliphatic heterocycles. The molecule has 0 fully saturated rings. The summed E-state index contributed by atoms with van der Waals surface area (Å²) in [6, 6.07) is 0. The number of hydrogen-bond acceptors (Lipinski definition) is 2. The van der Waals surface area contributed by atoms with Crippen LogP contribution in [0.25, 0.3) is 0 Å². The minimum atomic E-state index is 1.07. The highest BCUT2D eigenvalue weighted by Gasteiger charge is 1.98. The Morgan fingerprint density at radius 2 is 2.17 bits per heavy atom. The third kappa shape index (κ3) is 3.58. The third-order valence-corrected chi connectivity index (χ3v) is 1.93. The van der Waals surface area contributed by atoms with E-state index in [0.717, 1.165) is 6.54 Å². The highest BCUT2D eigenvalue weighted by Crippen LogP contribution is 1.99. The zero-order valence-electron chi connectivity index (χ0n) is 8.03. The highest BCUT2D eigenvalue weighted by atomic mass is 15.1. The Morgan fingerprint density at radius 3 is 2.75 bits per heavy atom. The first-order chi connectivity index (χ1) is 5.79. The molecule has 1 rings (SSSR count). The van der Waals surface area contributed by atoms with Crippen molar-refractivity contribution >= 4 is 0 Å². The summed E-state index contributed by atoms with van der Waals surface area (Å²) in [5, 5.41) is 0. The molecule has 0 saturated carbocycles. The van der Waals surface area contributed by atoms with Crippen molar-refractivity contribution in [3.8, 4) is 0 Å². The topological polar surface area (TPSA) is 6.48 Å². The molecule has 12 heavy (non-hydrogen) atoms. The van der Waals surface area contributed by atoms with Crippen LogP contribution in [0.1, 0.15) is 6.42 Å². The minimum Gasteiger partial charge on any atom is -0.374 e. The molecule has 0 radical (unpaired) electrons. The molecule has 0 spiro atoms. The van der Waals surface area contributed by atoms with Gasteiger partial charge in [0.2, 0.25) is 0 Å². The fraction of sp³-hybridized carbons (Fsp3) is 0.600. The van der Waals surface area contributed by atoms with Crippen LogP contribution in [0.4, 0.5) is 0 Å². The van der Waals surface area contributed by atoms with E-state index in [1.54, 1.807) is 0 Å². The fourth-order valence-electron chi connectivity index (χ4n) is 1.26. The molecule has 0 aromatic carbocycles. The van der Waals surface area contributed by atoms with Gasteiger partial charge >= 0.3 is 0 Å². The molecule has 68 valence electrons. The largest absolute Gasteiger partial charge is 0.374 e. The monoisotopic (exact) mass is 166 g/mol. The molecule has 0 aliphatic carbocycles. The van der Waals surface area contributed by atoms with Gasteiger partial charge in [0.05, 0.1) is 0 Å². The van der Waals surface area contributed by atoms with E-state index in [2.05, 4.69) is 48.3 Å². The smallest absolute Gasteiger partial charge is 0.0357 e. The van der Waals surface area contributed by atoms with Crippen molar-refractivity contribution in [2.45, 2.75) is 6.42 Å². The Labute approximate surface area is 75.2 Å². The maximum atomic E-state index is 2.34. The Morgan fingerprint density at radius 1 is 1.33 bits per heavy atom. The predicted molar refractivity (Wildman–Crippen MR) is 53.0 cm³/mol. The van der Waals surface area contributed by atoms with Gasteiger partial charge in [-0.15, -0.1) is 0 Å². The number of rotatable bonds is 4. The van der Waals surface area contributed by atoms with Gasteiger partial charge in [-0.25, -0.2) is 0 Å². The van der Waals surface area contributed by atoms with Crippen molar-refractivity contribution in [3.63, 3.8) is 0 Å². The molecule has 2 nitrogen and oxygen atoms in total. The summed E-state index contributed by atoms with van der Waals surface area (Å²) in [7, 11) is 4.23. The van der Waals surface area contributed by atoms with Crippen molar-refractivity contribution in [3.05, 3.63) is 24.4 Å². The van der Waals surface area contributed by atoms with Crippen LogP contribution in [0.2, 0.25) is 0 Å². The van der Waals surface area contributed by atoms with Gasteiger partial charge in [-0.3, -0.25) is 0 Å². The first-order valence-electron chi connectivity index (χ1n) is 4.51. The predicted octanol–water partition coefficient (Wildman–Crippen LogP) is 1.32. The van der Waals surface area contributed by atoms with E-state index in [1.165, 1.54) is 19.5 Å². The van der Waals surface area contributed by atoms with Crippen molar-refractivity contribution < 1.29 is 0 Å². The summed E-state index contributed by atoms with van der Waals surface area (Å²) in [6.07, 6.45) is 9.79. The van der Waals surface area contributed by atoms with E-state index >= 15 is 0 Å². The van der Waals surface area contributed by atoms with Gasteiger partial charge in [0, 0.05) is 13.1 Å². The summed E-state index contributed by atoms with van der Waals surface area (Å²) in [6.45, 7) is 3.41. The normalized spacial score (nSPS) is 16.1. The number of allylic oxidation sites excluding steroid dienone is 2. The second-order valence-corrected chi connectivity index (χ2v) is 3.42. The van der Waals surface area contributed by atoms with Crippen molar-refractivity contribution in [2.24, 2.45) is 0 Å². The molecule has 0 N–H and O–H groups in total. The first-order valence-corrected chi connectivity index (χ1v) is 4.51. The lowest BCUT2D eigenvalue weighted by molar-refractivity contribution is 0.342. The van der Waals surface area contributed by atoms with Crippen LogP contribution in [0.5, 0.6) is 0 Å². The van der Waals surface area contributed by atoms with Crippen molar-refractivity contribution in [1.29, 1.82) is 0 Å². The van der Waals surface area contributed by atoms with Gasteiger partial charge in [0.25, 0.3) is 0 Å². The Kier molecular flexibility index (Phi) is 3.88. The summed E-state index contributed by atoms with van der Waals surface area (Å²) in [5.41, 5.74) is 0. The molecule has 0 amide bonds. The van der Waals surface area contributed by atoms with Gasteiger partial charge in [-0.2, -0.15) is 0 Å². The zero-order chi connectivity index (χ0) is 8.81. The molecule has 0 aromatic rings. The quantitative estimate of drug-likeness (QED) is 0.621. The van der Waals surface area contributed by atoms with E-state index in [4.69, 9.17) is 0 Å². The standard InChI is InChI=1S/C10H18N2/c1-11(2)7-6-10-12-8-4-3-5-9-12/h3-5,8H,6-7,9-10H2,1-2H3. The summed E-state index contributed by atoms with van der Waals surface area (Å²) in [5.74, 6) is 0. The lowest BCUT2D eigenvalue weighted by atomic mass is 10.3. The van der Waals surface area contributed by atoms with Gasteiger partial charge in [0.1, 0.15) is 0 Å². The second-order valence-electron chi connectivity index (χ2n) is 3.42.